The van der Waals surface area contributed by atoms with Crippen molar-refractivity contribution in [3.63, 3.8) is 0 Å². The van der Waals surface area contributed by atoms with Gasteiger partial charge in [-0.05, 0) is 72.1 Å². The number of hydrogen-bond donors (Lipinski definition) is 1. The summed E-state index contributed by atoms with van der Waals surface area (Å²) in [6, 6.07) is 10.3. The third-order valence-corrected chi connectivity index (χ3v) is 6.36. The molecule has 3 nitrogen and oxygen atoms in total. The molecular formula is C23H27BrO3. The highest BCUT2D eigenvalue weighted by atomic mass is 79.9. The minimum atomic E-state index is -0.119. The monoisotopic (exact) mass is 430 g/mol. The third-order valence-electron chi connectivity index (χ3n) is 5.71. The summed E-state index contributed by atoms with van der Waals surface area (Å²) >= 11 is 3.66. The maximum absolute atomic E-state index is 9.88. The van der Waals surface area contributed by atoms with E-state index in [4.69, 9.17) is 9.47 Å². The van der Waals surface area contributed by atoms with Crippen LogP contribution in [0.2, 0.25) is 0 Å². The van der Waals surface area contributed by atoms with Crippen LogP contribution in [-0.2, 0) is 11.2 Å². The van der Waals surface area contributed by atoms with Gasteiger partial charge in [0.25, 0.3) is 0 Å². The van der Waals surface area contributed by atoms with Crippen LogP contribution < -0.4 is 4.74 Å². The highest BCUT2D eigenvalue weighted by Gasteiger charge is 2.28. The predicted molar refractivity (Wildman–Crippen MR) is 111 cm³/mol. The third kappa shape index (κ3) is 3.88. The van der Waals surface area contributed by atoms with Gasteiger partial charge in [-0.3, -0.25) is 0 Å². The summed E-state index contributed by atoms with van der Waals surface area (Å²) in [4.78, 5) is 0. The molecule has 2 aliphatic rings. The Morgan fingerprint density at radius 1 is 1.15 bits per heavy atom. The quantitative estimate of drug-likeness (QED) is 0.621. The molecule has 1 saturated heterocycles. The molecule has 4 heteroatoms. The fourth-order valence-corrected chi connectivity index (χ4v) is 5.09. The van der Waals surface area contributed by atoms with Crippen molar-refractivity contribution in [1.82, 2.24) is 0 Å². The summed E-state index contributed by atoms with van der Waals surface area (Å²) in [6.07, 6.45) is 5.21. The lowest BCUT2D eigenvalue weighted by atomic mass is 9.89. The van der Waals surface area contributed by atoms with Crippen molar-refractivity contribution < 1.29 is 14.6 Å². The van der Waals surface area contributed by atoms with Gasteiger partial charge in [-0.25, -0.2) is 0 Å². The van der Waals surface area contributed by atoms with Crippen LogP contribution in [-0.4, -0.2) is 18.0 Å². The fourth-order valence-electron chi connectivity index (χ4n) is 4.32. The van der Waals surface area contributed by atoms with Gasteiger partial charge in [0.15, 0.2) is 6.29 Å². The van der Waals surface area contributed by atoms with E-state index in [1.165, 1.54) is 28.7 Å². The van der Waals surface area contributed by atoms with Gasteiger partial charge in [0.05, 0.1) is 6.61 Å². The van der Waals surface area contributed by atoms with Crippen molar-refractivity contribution in [3.8, 4) is 11.5 Å². The Labute approximate surface area is 169 Å². The molecule has 2 aromatic rings. The number of aryl methyl sites for hydroxylation is 1. The first-order valence-electron chi connectivity index (χ1n) is 9.96. The molecule has 0 aromatic heterocycles. The molecule has 27 heavy (non-hydrogen) atoms. The molecule has 1 heterocycles. The number of rotatable bonds is 4. The van der Waals surface area contributed by atoms with Crippen LogP contribution in [0, 0.1) is 0 Å². The van der Waals surface area contributed by atoms with Crippen LogP contribution in [0.5, 0.6) is 11.5 Å². The number of halogens is 1. The Morgan fingerprint density at radius 2 is 2.00 bits per heavy atom. The Hall–Kier alpha value is -1.52. The van der Waals surface area contributed by atoms with E-state index in [2.05, 4.69) is 48.0 Å². The fraction of sp³-hybridized carbons (Fsp3) is 0.478. The summed E-state index contributed by atoms with van der Waals surface area (Å²) in [5.74, 6) is 2.02. The molecule has 1 aliphatic heterocycles. The summed E-state index contributed by atoms with van der Waals surface area (Å²) in [5, 5.41) is 9.88. The highest BCUT2D eigenvalue weighted by Crippen LogP contribution is 2.45. The predicted octanol–water partition coefficient (Wildman–Crippen LogP) is 6.26. The molecule has 0 spiro atoms. The van der Waals surface area contributed by atoms with E-state index in [1.54, 1.807) is 6.07 Å². The van der Waals surface area contributed by atoms with Gasteiger partial charge in [0.1, 0.15) is 11.5 Å². The summed E-state index contributed by atoms with van der Waals surface area (Å²) in [7, 11) is 0. The minimum Gasteiger partial charge on any atom is -0.508 e. The van der Waals surface area contributed by atoms with Gasteiger partial charge < -0.3 is 14.6 Å². The van der Waals surface area contributed by atoms with Crippen molar-refractivity contribution >= 4 is 15.9 Å². The van der Waals surface area contributed by atoms with E-state index in [0.717, 1.165) is 42.5 Å². The zero-order chi connectivity index (χ0) is 19.0. The molecular weight excluding hydrogens is 404 g/mol. The normalized spacial score (nSPS) is 22.1. The van der Waals surface area contributed by atoms with Crippen molar-refractivity contribution in [2.75, 3.05) is 6.61 Å². The zero-order valence-corrected chi connectivity index (χ0v) is 17.6. The lowest BCUT2D eigenvalue weighted by Crippen LogP contribution is -2.25. The van der Waals surface area contributed by atoms with Crippen LogP contribution in [0.3, 0.4) is 0 Å². The van der Waals surface area contributed by atoms with Crippen LogP contribution >= 0.6 is 15.9 Å². The van der Waals surface area contributed by atoms with Crippen LogP contribution in [0.25, 0.3) is 0 Å². The van der Waals surface area contributed by atoms with Crippen molar-refractivity contribution in [1.29, 1.82) is 0 Å². The second kappa shape index (κ2) is 7.84. The highest BCUT2D eigenvalue weighted by molar-refractivity contribution is 9.10. The minimum absolute atomic E-state index is 0.119. The number of phenolic OH excluding ortho intramolecular Hbond substituents is 1. The molecule has 1 aliphatic carbocycles. The first kappa shape index (κ1) is 18.8. The molecule has 4 rings (SSSR count). The number of phenols is 1. The molecule has 0 radical (unpaired) electrons. The molecule has 144 valence electrons. The second-order valence-electron chi connectivity index (χ2n) is 7.96. The Morgan fingerprint density at radius 3 is 2.74 bits per heavy atom. The topological polar surface area (TPSA) is 38.7 Å². The molecule has 0 bridgehead atoms. The van der Waals surface area contributed by atoms with E-state index < -0.39 is 0 Å². The molecule has 1 N–H and O–H groups in total. The first-order chi connectivity index (χ1) is 13.0. The maximum atomic E-state index is 9.88. The Balaban J connectivity index is 1.65. The van der Waals surface area contributed by atoms with Crippen molar-refractivity contribution in [2.45, 2.75) is 64.1 Å². The summed E-state index contributed by atoms with van der Waals surface area (Å²) in [5.41, 5.74) is 5.12. The number of fused-ring (bicyclic) bond motifs is 1. The largest absolute Gasteiger partial charge is 0.508 e. The van der Waals surface area contributed by atoms with Crippen molar-refractivity contribution in [2.24, 2.45) is 0 Å². The average Bonchev–Trinajstić information content (AvgIpc) is 3.07. The molecule has 0 saturated carbocycles. The molecule has 2 aromatic carbocycles. The Kier molecular flexibility index (Phi) is 5.47. The molecule has 2 atom stereocenters. The molecule has 2 unspecified atom stereocenters. The van der Waals surface area contributed by atoms with Gasteiger partial charge in [-0.1, -0.05) is 41.9 Å². The number of aromatic hydroxyl groups is 1. The number of benzene rings is 2. The van der Waals surface area contributed by atoms with Gasteiger partial charge >= 0.3 is 0 Å². The smallest absolute Gasteiger partial charge is 0.199 e. The number of hydrogen-bond acceptors (Lipinski definition) is 3. The van der Waals surface area contributed by atoms with E-state index in [0.29, 0.717) is 17.6 Å². The van der Waals surface area contributed by atoms with Crippen LogP contribution in [0.1, 0.15) is 73.6 Å². The van der Waals surface area contributed by atoms with E-state index in [9.17, 15) is 5.11 Å². The van der Waals surface area contributed by atoms with E-state index >= 15 is 0 Å². The molecule has 0 amide bonds. The summed E-state index contributed by atoms with van der Waals surface area (Å²) in [6.45, 7) is 5.22. The second-order valence-corrected chi connectivity index (χ2v) is 8.81. The molecule has 1 fully saturated rings. The van der Waals surface area contributed by atoms with Gasteiger partial charge in [0, 0.05) is 16.8 Å². The lowest BCUT2D eigenvalue weighted by molar-refractivity contribution is -0.106. The van der Waals surface area contributed by atoms with E-state index in [-0.39, 0.29) is 6.29 Å². The standard InChI is InChI=1S/C23H27BrO3/c1-14(2)19-12-15(7-9-21(19)27-22-5-3-4-10-26-22)18-8-6-16-11-17(25)13-20(24)23(16)18/h7,9,11-14,18,22,25H,3-6,8,10H2,1-2H3. The lowest BCUT2D eigenvalue weighted by Gasteiger charge is -2.26. The van der Waals surface area contributed by atoms with Crippen molar-refractivity contribution in [3.05, 3.63) is 57.1 Å². The van der Waals surface area contributed by atoms with E-state index in [1.807, 2.05) is 6.07 Å². The summed E-state index contributed by atoms with van der Waals surface area (Å²) < 4.78 is 13.0. The van der Waals surface area contributed by atoms with Gasteiger partial charge in [-0.15, -0.1) is 0 Å². The Bertz CT molecular complexity index is 825. The van der Waals surface area contributed by atoms with Crippen LogP contribution in [0.4, 0.5) is 0 Å². The average molecular weight is 431 g/mol. The van der Waals surface area contributed by atoms with Gasteiger partial charge in [-0.2, -0.15) is 0 Å². The maximum Gasteiger partial charge on any atom is 0.199 e. The van der Waals surface area contributed by atoms with Gasteiger partial charge in [0.2, 0.25) is 0 Å². The van der Waals surface area contributed by atoms with Crippen LogP contribution in [0.15, 0.2) is 34.8 Å². The number of ether oxygens (including phenoxy) is 2. The SMILES string of the molecule is CC(C)c1cc(C2CCc3cc(O)cc(Br)c32)ccc1OC1CCCCO1. The zero-order valence-electron chi connectivity index (χ0n) is 16.0. The first-order valence-corrected chi connectivity index (χ1v) is 10.8.